The Morgan fingerprint density at radius 2 is 1.97 bits per heavy atom. The van der Waals surface area contributed by atoms with Gasteiger partial charge in [-0.25, -0.2) is 0 Å². The molecule has 6 nitrogen and oxygen atoms in total. The second-order valence-electron chi connectivity index (χ2n) is 7.26. The second-order valence-corrected chi connectivity index (χ2v) is 8.17. The number of carbonyl (C=O) groups is 2. The normalized spacial score (nSPS) is 18.0. The van der Waals surface area contributed by atoms with E-state index in [1.54, 1.807) is 4.90 Å². The lowest BCUT2D eigenvalue weighted by Crippen LogP contribution is -2.33. The highest BCUT2D eigenvalue weighted by Gasteiger charge is 2.35. The molecule has 4 rings (SSSR count). The van der Waals surface area contributed by atoms with Crippen LogP contribution in [-0.2, 0) is 16.0 Å². The highest BCUT2D eigenvalue weighted by molar-refractivity contribution is 9.10. The molecular formula is C22H23BrN2O4. The Balaban J connectivity index is 1.29. The fourth-order valence-corrected chi connectivity index (χ4v) is 4.12. The Labute approximate surface area is 178 Å². The van der Waals surface area contributed by atoms with Crippen molar-refractivity contribution in [2.45, 2.75) is 19.3 Å². The molecule has 7 heteroatoms. The molecule has 2 aliphatic rings. The summed E-state index contributed by atoms with van der Waals surface area (Å²) in [5, 5.41) is 2.98. The first-order valence-electron chi connectivity index (χ1n) is 9.82. The molecule has 1 fully saturated rings. The van der Waals surface area contributed by atoms with Crippen molar-refractivity contribution in [2.24, 2.45) is 5.92 Å². The molecule has 0 bridgehead atoms. The van der Waals surface area contributed by atoms with E-state index in [0.29, 0.717) is 37.8 Å². The Hall–Kier alpha value is -2.54. The maximum atomic E-state index is 12.5. The molecule has 2 aliphatic heterocycles. The van der Waals surface area contributed by atoms with Gasteiger partial charge in [-0.3, -0.25) is 9.59 Å². The van der Waals surface area contributed by atoms with Crippen LogP contribution in [0.2, 0.25) is 0 Å². The number of ether oxygens (including phenoxy) is 2. The minimum absolute atomic E-state index is 0.0454. The summed E-state index contributed by atoms with van der Waals surface area (Å²) >= 11 is 3.47. The fourth-order valence-electron chi connectivity index (χ4n) is 3.67. The van der Waals surface area contributed by atoms with Gasteiger partial charge in [-0.1, -0.05) is 28.1 Å². The van der Waals surface area contributed by atoms with Gasteiger partial charge in [0.1, 0.15) is 13.2 Å². The van der Waals surface area contributed by atoms with Gasteiger partial charge in [0.15, 0.2) is 11.5 Å². The quantitative estimate of drug-likeness (QED) is 0.674. The predicted octanol–water partition coefficient (Wildman–Crippen LogP) is 3.32. The van der Waals surface area contributed by atoms with E-state index in [-0.39, 0.29) is 24.2 Å². The molecule has 0 saturated carbocycles. The number of halogens is 1. The smallest absolute Gasteiger partial charge is 0.227 e. The van der Waals surface area contributed by atoms with E-state index in [0.717, 1.165) is 23.0 Å². The van der Waals surface area contributed by atoms with Crippen molar-refractivity contribution in [1.82, 2.24) is 5.32 Å². The average molecular weight is 459 g/mol. The molecule has 1 atom stereocenters. The first-order chi connectivity index (χ1) is 14.1. The second kappa shape index (κ2) is 8.86. The number of nitrogens with zero attached hydrogens (tertiary/aromatic N) is 1. The molecule has 2 aromatic carbocycles. The van der Waals surface area contributed by atoms with Crippen LogP contribution in [0.3, 0.4) is 0 Å². The third kappa shape index (κ3) is 4.72. The van der Waals surface area contributed by atoms with Crippen molar-refractivity contribution in [2.75, 3.05) is 31.2 Å². The van der Waals surface area contributed by atoms with E-state index < -0.39 is 0 Å². The molecule has 0 aromatic heterocycles. The minimum atomic E-state index is -0.332. The number of fused-ring (bicyclic) bond motifs is 1. The van der Waals surface area contributed by atoms with Crippen molar-refractivity contribution in [1.29, 1.82) is 0 Å². The van der Waals surface area contributed by atoms with Gasteiger partial charge in [-0.2, -0.15) is 0 Å². The fraction of sp³-hybridized carbons (Fsp3) is 0.364. The number of carbonyl (C=O) groups excluding carboxylic acids is 2. The van der Waals surface area contributed by atoms with Crippen LogP contribution in [0.4, 0.5) is 5.69 Å². The van der Waals surface area contributed by atoms with Crippen LogP contribution in [-0.4, -0.2) is 38.1 Å². The molecule has 1 N–H and O–H groups in total. The summed E-state index contributed by atoms with van der Waals surface area (Å²) in [6, 6.07) is 13.6. The summed E-state index contributed by atoms with van der Waals surface area (Å²) in [5.41, 5.74) is 1.97. The summed E-state index contributed by atoms with van der Waals surface area (Å²) in [7, 11) is 0. The molecule has 2 aromatic rings. The van der Waals surface area contributed by atoms with Gasteiger partial charge < -0.3 is 19.7 Å². The molecule has 0 aliphatic carbocycles. The molecule has 1 saturated heterocycles. The van der Waals surface area contributed by atoms with Crippen molar-refractivity contribution >= 4 is 33.4 Å². The Morgan fingerprint density at radius 1 is 1.14 bits per heavy atom. The van der Waals surface area contributed by atoms with Crippen molar-refractivity contribution in [3.63, 3.8) is 0 Å². The number of rotatable bonds is 6. The molecular weight excluding hydrogens is 436 g/mol. The summed E-state index contributed by atoms with van der Waals surface area (Å²) < 4.78 is 12.2. The summed E-state index contributed by atoms with van der Waals surface area (Å²) in [6.45, 7) is 2.00. The Bertz CT molecular complexity index is 917. The highest BCUT2D eigenvalue weighted by Crippen LogP contribution is 2.35. The zero-order valence-electron chi connectivity index (χ0n) is 16.0. The molecule has 152 valence electrons. The lowest BCUT2D eigenvalue weighted by Gasteiger charge is -2.22. The van der Waals surface area contributed by atoms with E-state index in [2.05, 4.69) is 33.4 Å². The standard InChI is InChI=1S/C22H23BrN2O4/c23-17-5-1-3-15(11-17)4-2-8-24-22(27)16-12-21(26)25(14-16)18-6-7-19-20(13-18)29-10-9-28-19/h1,3,5-7,11,13,16H,2,4,8-10,12,14H2,(H,24,27). The number of aryl methyl sites for hydroxylation is 1. The molecule has 0 radical (unpaired) electrons. The maximum Gasteiger partial charge on any atom is 0.227 e. The molecule has 2 heterocycles. The molecule has 29 heavy (non-hydrogen) atoms. The lowest BCUT2D eigenvalue weighted by molar-refractivity contribution is -0.126. The molecule has 2 amide bonds. The van der Waals surface area contributed by atoms with Crippen molar-refractivity contribution in [3.05, 3.63) is 52.5 Å². The Kier molecular flexibility index (Phi) is 6.04. The van der Waals surface area contributed by atoms with E-state index >= 15 is 0 Å². The van der Waals surface area contributed by atoms with Crippen LogP contribution in [0.25, 0.3) is 0 Å². The first kappa shape index (κ1) is 19.8. The van der Waals surface area contributed by atoms with Crippen LogP contribution in [0, 0.1) is 5.92 Å². The van der Waals surface area contributed by atoms with Crippen molar-refractivity contribution < 1.29 is 19.1 Å². The largest absolute Gasteiger partial charge is 0.486 e. The topological polar surface area (TPSA) is 67.9 Å². The Morgan fingerprint density at radius 3 is 2.79 bits per heavy atom. The zero-order chi connectivity index (χ0) is 20.2. The van der Waals surface area contributed by atoms with Crippen LogP contribution in [0.1, 0.15) is 18.4 Å². The monoisotopic (exact) mass is 458 g/mol. The average Bonchev–Trinajstić information content (AvgIpc) is 3.12. The van der Waals surface area contributed by atoms with Crippen LogP contribution >= 0.6 is 15.9 Å². The lowest BCUT2D eigenvalue weighted by atomic mass is 10.1. The highest BCUT2D eigenvalue weighted by atomic mass is 79.9. The number of amides is 2. The van der Waals surface area contributed by atoms with Gasteiger partial charge in [0.25, 0.3) is 0 Å². The minimum Gasteiger partial charge on any atom is -0.486 e. The van der Waals surface area contributed by atoms with Crippen LogP contribution in [0.5, 0.6) is 11.5 Å². The SMILES string of the molecule is O=C(NCCCc1cccc(Br)c1)C1CC(=O)N(c2ccc3c(c2)OCCO3)C1. The van der Waals surface area contributed by atoms with Gasteiger partial charge in [0.2, 0.25) is 11.8 Å². The van der Waals surface area contributed by atoms with Crippen LogP contribution in [0.15, 0.2) is 46.9 Å². The van der Waals surface area contributed by atoms with E-state index in [1.165, 1.54) is 5.56 Å². The zero-order valence-corrected chi connectivity index (χ0v) is 17.6. The van der Waals surface area contributed by atoms with Crippen molar-refractivity contribution in [3.8, 4) is 11.5 Å². The number of hydrogen-bond acceptors (Lipinski definition) is 4. The number of benzene rings is 2. The number of anilines is 1. The van der Waals surface area contributed by atoms with Gasteiger partial charge in [-0.05, 0) is 42.7 Å². The third-order valence-corrected chi connectivity index (χ3v) is 5.66. The number of nitrogens with one attached hydrogen (secondary N) is 1. The van der Waals surface area contributed by atoms with E-state index in [1.807, 2.05) is 30.3 Å². The van der Waals surface area contributed by atoms with Gasteiger partial charge in [0.05, 0.1) is 5.92 Å². The van der Waals surface area contributed by atoms with Gasteiger partial charge in [0, 0.05) is 35.7 Å². The third-order valence-electron chi connectivity index (χ3n) is 5.16. The molecule has 1 unspecified atom stereocenters. The maximum absolute atomic E-state index is 12.5. The van der Waals surface area contributed by atoms with Gasteiger partial charge >= 0.3 is 0 Å². The predicted molar refractivity (Wildman–Crippen MR) is 113 cm³/mol. The van der Waals surface area contributed by atoms with E-state index in [9.17, 15) is 9.59 Å². The summed E-state index contributed by atoms with van der Waals surface area (Å²) in [5.74, 6) is 0.888. The van der Waals surface area contributed by atoms with E-state index in [4.69, 9.17) is 9.47 Å². The van der Waals surface area contributed by atoms with Crippen LogP contribution < -0.4 is 19.7 Å². The summed E-state index contributed by atoms with van der Waals surface area (Å²) in [6.07, 6.45) is 1.98. The number of hydrogen-bond donors (Lipinski definition) is 1. The van der Waals surface area contributed by atoms with Gasteiger partial charge in [-0.15, -0.1) is 0 Å². The first-order valence-corrected chi connectivity index (χ1v) is 10.6. The summed E-state index contributed by atoms with van der Waals surface area (Å²) in [4.78, 5) is 26.7. The molecule has 0 spiro atoms.